The maximum atomic E-state index is 11.2. The van der Waals surface area contributed by atoms with Crippen LogP contribution in [0.4, 0.5) is 0 Å². The molecule has 0 N–H and O–H groups in total. The molecule has 11 heavy (non-hydrogen) atoms. The molecule has 1 saturated carbocycles. The minimum atomic E-state index is -0.0165. The van der Waals surface area contributed by atoms with Gasteiger partial charge in [-0.15, -0.1) is 0 Å². The molecule has 64 valence electrons. The number of hydrogen-bond donors (Lipinski definition) is 0. The van der Waals surface area contributed by atoms with Crippen LogP contribution in [-0.4, -0.2) is 13.1 Å². The van der Waals surface area contributed by atoms with E-state index >= 15 is 0 Å². The molecule has 0 saturated heterocycles. The summed E-state index contributed by atoms with van der Waals surface area (Å²) in [5.74, 6) is 0.683. The van der Waals surface area contributed by atoms with Gasteiger partial charge in [0.25, 0.3) is 0 Å². The molecule has 2 nitrogen and oxygen atoms in total. The molecule has 0 aromatic heterocycles. The molecular weight excluding hydrogens is 140 g/mol. The topological polar surface area (TPSA) is 26.3 Å². The van der Waals surface area contributed by atoms with Crippen LogP contribution in [0.3, 0.4) is 0 Å². The van der Waals surface area contributed by atoms with Crippen molar-refractivity contribution >= 4 is 5.97 Å². The molecular formula is C9H16O2. The van der Waals surface area contributed by atoms with Gasteiger partial charge in [-0.05, 0) is 18.8 Å². The number of methoxy groups -OCH3 is 1. The third kappa shape index (κ3) is 1.95. The van der Waals surface area contributed by atoms with Crippen molar-refractivity contribution in [3.05, 3.63) is 0 Å². The van der Waals surface area contributed by atoms with Gasteiger partial charge in [-0.2, -0.15) is 0 Å². The van der Waals surface area contributed by atoms with Crippen molar-refractivity contribution in [2.75, 3.05) is 7.11 Å². The third-order valence-corrected chi connectivity index (χ3v) is 2.62. The van der Waals surface area contributed by atoms with E-state index in [0.717, 1.165) is 6.42 Å². The zero-order valence-corrected chi connectivity index (χ0v) is 7.30. The Balaban J connectivity index is 2.47. The van der Waals surface area contributed by atoms with Gasteiger partial charge in [0, 0.05) is 0 Å². The average Bonchev–Trinajstić information content (AvgIpc) is 2.04. The van der Waals surface area contributed by atoms with E-state index in [1.54, 1.807) is 0 Å². The van der Waals surface area contributed by atoms with Crippen LogP contribution >= 0.6 is 0 Å². The number of esters is 1. The highest BCUT2D eigenvalue weighted by Crippen LogP contribution is 2.30. The Morgan fingerprint density at radius 1 is 1.36 bits per heavy atom. The summed E-state index contributed by atoms with van der Waals surface area (Å²) >= 11 is 0. The maximum absolute atomic E-state index is 11.2. The molecule has 1 rings (SSSR count). The molecule has 1 aliphatic carbocycles. The summed E-state index contributed by atoms with van der Waals surface area (Å²) in [7, 11) is 1.48. The van der Waals surface area contributed by atoms with Crippen LogP contribution in [0.15, 0.2) is 0 Å². The SMILES string of the molecule is COC(=O)[C@@H]1CCCC[C@H]1C. The highest BCUT2D eigenvalue weighted by Gasteiger charge is 2.27. The predicted octanol–water partition coefficient (Wildman–Crippen LogP) is 1.99. The fourth-order valence-corrected chi connectivity index (χ4v) is 1.82. The molecule has 0 amide bonds. The van der Waals surface area contributed by atoms with Crippen molar-refractivity contribution < 1.29 is 9.53 Å². The monoisotopic (exact) mass is 156 g/mol. The summed E-state index contributed by atoms with van der Waals surface area (Å²) in [5.41, 5.74) is 0. The van der Waals surface area contributed by atoms with Gasteiger partial charge in [-0.3, -0.25) is 4.79 Å². The minimum absolute atomic E-state index is 0.0165. The van der Waals surface area contributed by atoms with E-state index in [1.807, 2.05) is 0 Å². The van der Waals surface area contributed by atoms with Gasteiger partial charge in [-0.1, -0.05) is 19.8 Å². The summed E-state index contributed by atoms with van der Waals surface area (Å²) in [6.07, 6.45) is 4.66. The molecule has 0 radical (unpaired) electrons. The maximum Gasteiger partial charge on any atom is 0.308 e. The van der Waals surface area contributed by atoms with Crippen molar-refractivity contribution in [1.82, 2.24) is 0 Å². The van der Waals surface area contributed by atoms with Crippen molar-refractivity contribution in [2.45, 2.75) is 32.6 Å². The summed E-state index contributed by atoms with van der Waals surface area (Å²) in [5, 5.41) is 0. The lowest BCUT2D eigenvalue weighted by Crippen LogP contribution is -2.26. The highest BCUT2D eigenvalue weighted by atomic mass is 16.5. The molecule has 1 aliphatic rings. The van der Waals surface area contributed by atoms with Gasteiger partial charge in [0.15, 0.2) is 0 Å². The summed E-state index contributed by atoms with van der Waals surface area (Å²) in [4.78, 5) is 11.2. The predicted molar refractivity (Wildman–Crippen MR) is 43.1 cm³/mol. The molecule has 0 aromatic rings. The van der Waals surface area contributed by atoms with Crippen LogP contribution in [0, 0.1) is 11.8 Å². The first-order valence-electron chi connectivity index (χ1n) is 4.33. The lowest BCUT2D eigenvalue weighted by molar-refractivity contribution is -0.148. The van der Waals surface area contributed by atoms with E-state index < -0.39 is 0 Å². The van der Waals surface area contributed by atoms with Crippen LogP contribution in [0.2, 0.25) is 0 Å². The quantitative estimate of drug-likeness (QED) is 0.543. The highest BCUT2D eigenvalue weighted by molar-refractivity contribution is 5.72. The molecule has 0 spiro atoms. The lowest BCUT2D eigenvalue weighted by atomic mass is 9.80. The number of ether oxygens (including phenoxy) is 1. The molecule has 0 heterocycles. The molecule has 0 bridgehead atoms. The van der Waals surface area contributed by atoms with E-state index in [9.17, 15) is 4.79 Å². The van der Waals surface area contributed by atoms with Crippen molar-refractivity contribution in [3.63, 3.8) is 0 Å². The summed E-state index contributed by atoms with van der Waals surface area (Å²) in [6, 6.07) is 0. The van der Waals surface area contributed by atoms with E-state index in [2.05, 4.69) is 6.92 Å². The Morgan fingerprint density at radius 2 is 2.00 bits per heavy atom. The molecule has 1 fully saturated rings. The van der Waals surface area contributed by atoms with Gasteiger partial charge < -0.3 is 4.74 Å². The largest absolute Gasteiger partial charge is 0.469 e. The Bertz CT molecular complexity index is 142. The second-order valence-electron chi connectivity index (χ2n) is 3.39. The second kappa shape index (κ2) is 3.74. The molecule has 0 aliphatic heterocycles. The Labute approximate surface area is 67.9 Å². The number of carbonyl (C=O) groups is 1. The smallest absolute Gasteiger partial charge is 0.308 e. The van der Waals surface area contributed by atoms with Crippen LogP contribution in [0.1, 0.15) is 32.6 Å². The van der Waals surface area contributed by atoms with Crippen molar-refractivity contribution in [1.29, 1.82) is 0 Å². The Morgan fingerprint density at radius 3 is 2.55 bits per heavy atom. The molecule has 2 heteroatoms. The Hall–Kier alpha value is -0.530. The fraction of sp³-hybridized carbons (Fsp3) is 0.889. The van der Waals surface area contributed by atoms with Crippen LogP contribution in [0.25, 0.3) is 0 Å². The van der Waals surface area contributed by atoms with Crippen LogP contribution in [-0.2, 0) is 9.53 Å². The summed E-state index contributed by atoms with van der Waals surface area (Å²) in [6.45, 7) is 2.14. The zero-order valence-electron chi connectivity index (χ0n) is 7.30. The summed E-state index contributed by atoms with van der Waals surface area (Å²) < 4.78 is 4.72. The molecule has 0 aromatic carbocycles. The van der Waals surface area contributed by atoms with Crippen LogP contribution < -0.4 is 0 Å². The number of carbonyl (C=O) groups excluding carboxylic acids is 1. The number of rotatable bonds is 1. The van der Waals surface area contributed by atoms with Gasteiger partial charge in [0.1, 0.15) is 0 Å². The lowest BCUT2D eigenvalue weighted by Gasteiger charge is -2.25. The van der Waals surface area contributed by atoms with Gasteiger partial charge in [-0.25, -0.2) is 0 Å². The average molecular weight is 156 g/mol. The van der Waals surface area contributed by atoms with Gasteiger partial charge in [0.05, 0.1) is 13.0 Å². The third-order valence-electron chi connectivity index (χ3n) is 2.62. The Kier molecular flexibility index (Phi) is 2.92. The van der Waals surface area contributed by atoms with Gasteiger partial charge >= 0.3 is 5.97 Å². The first-order chi connectivity index (χ1) is 5.25. The normalized spacial score (nSPS) is 31.5. The second-order valence-corrected chi connectivity index (χ2v) is 3.39. The zero-order chi connectivity index (χ0) is 8.27. The van der Waals surface area contributed by atoms with Gasteiger partial charge in [0.2, 0.25) is 0 Å². The first kappa shape index (κ1) is 8.57. The molecule has 2 atom stereocenters. The first-order valence-corrected chi connectivity index (χ1v) is 4.33. The molecule has 0 unspecified atom stereocenters. The van der Waals surface area contributed by atoms with E-state index in [1.165, 1.54) is 26.4 Å². The number of hydrogen-bond acceptors (Lipinski definition) is 2. The van der Waals surface area contributed by atoms with E-state index in [4.69, 9.17) is 4.74 Å². The van der Waals surface area contributed by atoms with Crippen molar-refractivity contribution in [3.8, 4) is 0 Å². The van der Waals surface area contributed by atoms with E-state index in [-0.39, 0.29) is 11.9 Å². The minimum Gasteiger partial charge on any atom is -0.469 e. The van der Waals surface area contributed by atoms with Crippen LogP contribution in [0.5, 0.6) is 0 Å². The fourth-order valence-electron chi connectivity index (χ4n) is 1.82. The standard InChI is InChI=1S/C9H16O2/c1-7-5-3-4-6-8(7)9(10)11-2/h7-8H,3-6H2,1-2H3/t7-,8-/m1/s1. The van der Waals surface area contributed by atoms with E-state index in [0.29, 0.717) is 5.92 Å². The van der Waals surface area contributed by atoms with Crippen molar-refractivity contribution in [2.24, 2.45) is 11.8 Å².